The van der Waals surface area contributed by atoms with Crippen molar-refractivity contribution in [3.05, 3.63) is 0 Å². The maximum absolute atomic E-state index is 12.1. The predicted octanol–water partition coefficient (Wildman–Crippen LogP) is 2.40. The maximum Gasteiger partial charge on any atom is 0.245 e. The Morgan fingerprint density at radius 2 is 2.00 bits per heavy atom. The number of ketones is 1. The summed E-state index contributed by atoms with van der Waals surface area (Å²) in [7, 11) is 0. The number of alkyl halides is 2. The van der Waals surface area contributed by atoms with Crippen LogP contribution in [0, 0.1) is 0 Å². The van der Waals surface area contributed by atoms with Crippen LogP contribution in [0.5, 0.6) is 0 Å². The van der Waals surface area contributed by atoms with Crippen molar-refractivity contribution in [2.24, 2.45) is 0 Å². The first kappa shape index (κ1) is 9.53. The van der Waals surface area contributed by atoms with Gasteiger partial charge in [-0.05, 0) is 20.3 Å². The summed E-state index contributed by atoms with van der Waals surface area (Å²) in [5.41, 5.74) is 0. The second kappa shape index (κ2) is 3.64. The highest BCUT2D eigenvalue weighted by molar-refractivity contribution is 5.75. The van der Waals surface area contributed by atoms with Crippen LogP contribution in [0.1, 0.15) is 33.1 Å². The van der Waals surface area contributed by atoms with Gasteiger partial charge in [-0.1, -0.05) is 0 Å². The van der Waals surface area contributed by atoms with Crippen LogP contribution in [-0.4, -0.2) is 11.7 Å². The first-order valence-electron chi connectivity index (χ1n) is 3.29. The summed E-state index contributed by atoms with van der Waals surface area (Å²) in [6.07, 6.45) is 0.370. The minimum atomic E-state index is -2.62. The zero-order valence-electron chi connectivity index (χ0n) is 6.29. The molecular weight excluding hydrogens is 138 g/mol. The van der Waals surface area contributed by atoms with Crippen molar-refractivity contribution in [2.75, 3.05) is 0 Å². The van der Waals surface area contributed by atoms with Crippen LogP contribution in [0.15, 0.2) is 0 Å². The molecule has 0 spiro atoms. The van der Waals surface area contributed by atoms with Gasteiger partial charge in [-0.25, -0.2) is 8.78 Å². The third kappa shape index (κ3) is 7.53. The van der Waals surface area contributed by atoms with Crippen molar-refractivity contribution in [3.8, 4) is 0 Å². The van der Waals surface area contributed by atoms with E-state index in [0.717, 1.165) is 6.92 Å². The lowest BCUT2D eigenvalue weighted by molar-refractivity contribution is -0.117. The van der Waals surface area contributed by atoms with Crippen LogP contribution in [0.3, 0.4) is 0 Å². The van der Waals surface area contributed by atoms with E-state index in [-0.39, 0.29) is 18.6 Å². The van der Waals surface area contributed by atoms with E-state index < -0.39 is 5.92 Å². The Morgan fingerprint density at radius 3 is 2.30 bits per heavy atom. The Hall–Kier alpha value is -0.470. The van der Waals surface area contributed by atoms with E-state index in [1.807, 2.05) is 0 Å². The highest BCUT2D eigenvalue weighted by Crippen LogP contribution is 2.19. The molecule has 0 saturated carbocycles. The summed E-state index contributed by atoms with van der Waals surface area (Å²) < 4.78 is 24.1. The molecule has 0 rings (SSSR count). The van der Waals surface area contributed by atoms with Crippen LogP contribution in [0.4, 0.5) is 8.78 Å². The minimum Gasteiger partial charge on any atom is -0.300 e. The maximum atomic E-state index is 12.1. The van der Waals surface area contributed by atoms with Gasteiger partial charge in [-0.3, -0.25) is 0 Å². The summed E-state index contributed by atoms with van der Waals surface area (Å²) in [5, 5.41) is 0. The fourth-order valence-electron chi connectivity index (χ4n) is 0.648. The Morgan fingerprint density at radius 1 is 1.50 bits per heavy atom. The van der Waals surface area contributed by atoms with E-state index in [0.29, 0.717) is 6.42 Å². The lowest BCUT2D eigenvalue weighted by atomic mass is 10.1. The van der Waals surface area contributed by atoms with Crippen LogP contribution < -0.4 is 0 Å². The zero-order valence-corrected chi connectivity index (χ0v) is 6.29. The number of hydrogen-bond acceptors (Lipinski definition) is 1. The molecule has 0 aromatic carbocycles. The topological polar surface area (TPSA) is 17.1 Å². The van der Waals surface area contributed by atoms with Crippen molar-refractivity contribution in [1.82, 2.24) is 0 Å². The van der Waals surface area contributed by atoms with E-state index >= 15 is 0 Å². The van der Waals surface area contributed by atoms with Gasteiger partial charge in [0, 0.05) is 12.8 Å². The first-order valence-corrected chi connectivity index (χ1v) is 3.29. The normalized spacial score (nSPS) is 11.6. The predicted molar refractivity (Wildman–Crippen MR) is 35.2 cm³/mol. The van der Waals surface area contributed by atoms with Crippen LogP contribution in [0.25, 0.3) is 0 Å². The lowest BCUT2D eigenvalue weighted by Crippen LogP contribution is -2.09. The molecule has 1 nitrogen and oxygen atoms in total. The van der Waals surface area contributed by atoms with Crippen molar-refractivity contribution in [2.45, 2.75) is 39.0 Å². The van der Waals surface area contributed by atoms with Gasteiger partial charge in [0.15, 0.2) is 0 Å². The molecule has 0 unspecified atom stereocenters. The molecule has 10 heavy (non-hydrogen) atoms. The molecule has 0 heterocycles. The summed E-state index contributed by atoms with van der Waals surface area (Å²) in [6, 6.07) is 0. The van der Waals surface area contributed by atoms with Crippen molar-refractivity contribution >= 4 is 5.78 Å². The van der Waals surface area contributed by atoms with E-state index in [1.165, 1.54) is 6.92 Å². The van der Waals surface area contributed by atoms with Crippen LogP contribution in [0.2, 0.25) is 0 Å². The SMILES string of the molecule is CC(=O)CCCC(C)(F)F. The minimum absolute atomic E-state index is 0.0238. The molecule has 3 heteroatoms. The summed E-state index contributed by atoms with van der Waals surface area (Å²) in [6.45, 7) is 2.28. The molecule has 0 aliphatic heterocycles. The van der Waals surface area contributed by atoms with E-state index in [2.05, 4.69) is 0 Å². The van der Waals surface area contributed by atoms with Crippen molar-refractivity contribution in [1.29, 1.82) is 0 Å². The number of Topliss-reactive ketones (excluding diaryl/α,β-unsaturated/α-hetero) is 1. The molecular formula is C7H12F2O. The van der Waals surface area contributed by atoms with Gasteiger partial charge in [0.1, 0.15) is 5.78 Å². The van der Waals surface area contributed by atoms with E-state index in [1.54, 1.807) is 0 Å². The Kier molecular flexibility index (Phi) is 3.47. The molecule has 0 aromatic rings. The number of rotatable bonds is 4. The van der Waals surface area contributed by atoms with E-state index in [9.17, 15) is 13.6 Å². The van der Waals surface area contributed by atoms with Gasteiger partial charge in [0.25, 0.3) is 0 Å². The zero-order chi connectivity index (χ0) is 8.20. The average Bonchev–Trinajstić information content (AvgIpc) is 1.59. The highest BCUT2D eigenvalue weighted by atomic mass is 19.3. The fourth-order valence-corrected chi connectivity index (χ4v) is 0.648. The van der Waals surface area contributed by atoms with Gasteiger partial charge >= 0.3 is 0 Å². The first-order chi connectivity index (χ1) is 4.42. The van der Waals surface area contributed by atoms with Crippen molar-refractivity contribution < 1.29 is 13.6 Å². The standard InChI is InChI=1S/C7H12F2O/c1-6(10)4-3-5-7(2,8)9/h3-5H2,1-2H3. The number of carbonyl (C=O) groups excluding carboxylic acids is 1. The second-order valence-electron chi connectivity index (χ2n) is 2.63. The Labute approximate surface area is 59.4 Å². The van der Waals surface area contributed by atoms with Crippen molar-refractivity contribution in [3.63, 3.8) is 0 Å². The monoisotopic (exact) mass is 150 g/mol. The third-order valence-corrected chi connectivity index (χ3v) is 1.14. The molecule has 0 aliphatic rings. The Bertz CT molecular complexity index is 115. The van der Waals surface area contributed by atoms with Gasteiger partial charge in [0.2, 0.25) is 5.92 Å². The van der Waals surface area contributed by atoms with Gasteiger partial charge < -0.3 is 4.79 Å². The molecule has 0 fully saturated rings. The quantitative estimate of drug-likeness (QED) is 0.601. The molecule has 0 aliphatic carbocycles. The second-order valence-corrected chi connectivity index (χ2v) is 2.63. The van der Waals surface area contributed by atoms with Gasteiger partial charge in [-0.15, -0.1) is 0 Å². The van der Waals surface area contributed by atoms with Gasteiger partial charge in [-0.2, -0.15) is 0 Å². The molecule has 0 radical (unpaired) electrons. The third-order valence-electron chi connectivity index (χ3n) is 1.14. The van der Waals surface area contributed by atoms with E-state index in [4.69, 9.17) is 0 Å². The summed E-state index contributed by atoms with van der Waals surface area (Å²) in [5.74, 6) is -2.64. The van der Waals surface area contributed by atoms with Crippen LogP contribution in [-0.2, 0) is 4.79 Å². The van der Waals surface area contributed by atoms with Gasteiger partial charge in [0.05, 0.1) is 0 Å². The number of hydrogen-bond donors (Lipinski definition) is 0. The molecule has 0 N–H and O–H groups in total. The summed E-state index contributed by atoms with van der Waals surface area (Å²) in [4.78, 5) is 10.3. The molecule has 0 bridgehead atoms. The molecule has 0 atom stereocenters. The fraction of sp³-hybridized carbons (Fsp3) is 0.857. The summed E-state index contributed by atoms with van der Waals surface area (Å²) >= 11 is 0. The molecule has 60 valence electrons. The molecule has 0 saturated heterocycles. The number of carbonyl (C=O) groups is 1. The highest BCUT2D eigenvalue weighted by Gasteiger charge is 2.19. The molecule has 0 amide bonds. The Balaban J connectivity index is 3.29. The van der Waals surface area contributed by atoms with Crippen LogP contribution >= 0.6 is 0 Å². The lowest BCUT2D eigenvalue weighted by Gasteiger charge is -2.07. The number of halogens is 2. The largest absolute Gasteiger partial charge is 0.300 e. The average molecular weight is 150 g/mol. The smallest absolute Gasteiger partial charge is 0.245 e. The molecule has 0 aromatic heterocycles.